The molecule has 0 saturated carbocycles. The SMILES string of the molecule is CCOc1ccc(C(=O)NNC(=O)CCC(=O)N2CCOc3ccccc32)cc1OC. The summed E-state index contributed by atoms with van der Waals surface area (Å²) in [5.41, 5.74) is 5.66. The van der Waals surface area contributed by atoms with E-state index < -0.39 is 11.8 Å². The molecular weight excluding hydrogens is 402 g/mol. The molecule has 0 saturated heterocycles. The van der Waals surface area contributed by atoms with Crippen LogP contribution in [-0.4, -0.2) is 44.6 Å². The number of rotatable bonds is 7. The predicted molar refractivity (Wildman–Crippen MR) is 113 cm³/mol. The molecule has 1 aliphatic heterocycles. The van der Waals surface area contributed by atoms with Gasteiger partial charge >= 0.3 is 0 Å². The average Bonchev–Trinajstić information content (AvgIpc) is 2.81. The Morgan fingerprint density at radius 1 is 1.06 bits per heavy atom. The third-order valence-electron chi connectivity index (χ3n) is 4.64. The lowest BCUT2D eigenvalue weighted by Gasteiger charge is -2.29. The third-order valence-corrected chi connectivity index (χ3v) is 4.64. The van der Waals surface area contributed by atoms with Crippen molar-refractivity contribution in [3.8, 4) is 17.2 Å². The molecule has 1 heterocycles. The second-order valence-electron chi connectivity index (χ2n) is 6.66. The molecule has 9 heteroatoms. The van der Waals surface area contributed by atoms with Crippen molar-refractivity contribution >= 4 is 23.4 Å². The maximum atomic E-state index is 12.6. The molecule has 0 spiro atoms. The summed E-state index contributed by atoms with van der Waals surface area (Å²) in [6, 6.07) is 12.0. The molecule has 164 valence electrons. The summed E-state index contributed by atoms with van der Waals surface area (Å²) in [5, 5.41) is 0. The molecule has 0 unspecified atom stereocenters. The van der Waals surface area contributed by atoms with Crippen LogP contribution in [0.4, 0.5) is 5.69 Å². The molecule has 2 N–H and O–H groups in total. The number of nitrogens with one attached hydrogen (secondary N) is 2. The van der Waals surface area contributed by atoms with Gasteiger partial charge in [0.1, 0.15) is 12.4 Å². The average molecular weight is 427 g/mol. The Morgan fingerprint density at radius 3 is 2.65 bits per heavy atom. The molecule has 0 fully saturated rings. The second kappa shape index (κ2) is 10.3. The highest BCUT2D eigenvalue weighted by Crippen LogP contribution is 2.31. The summed E-state index contributed by atoms with van der Waals surface area (Å²) in [6.07, 6.45) is -0.0574. The van der Waals surface area contributed by atoms with Crippen molar-refractivity contribution in [2.45, 2.75) is 19.8 Å². The zero-order valence-corrected chi connectivity index (χ0v) is 17.5. The number of hydrogen-bond donors (Lipinski definition) is 2. The Hall–Kier alpha value is -3.75. The van der Waals surface area contributed by atoms with Gasteiger partial charge in [-0.3, -0.25) is 25.2 Å². The fraction of sp³-hybridized carbons (Fsp3) is 0.318. The van der Waals surface area contributed by atoms with Gasteiger partial charge in [0.05, 0.1) is 25.9 Å². The minimum absolute atomic E-state index is 0.00686. The number of hydrazine groups is 1. The molecule has 2 aromatic rings. The van der Waals surface area contributed by atoms with Crippen molar-refractivity contribution < 1.29 is 28.6 Å². The van der Waals surface area contributed by atoms with Gasteiger partial charge < -0.3 is 19.1 Å². The first-order chi connectivity index (χ1) is 15.0. The van der Waals surface area contributed by atoms with Gasteiger partial charge in [-0.05, 0) is 37.3 Å². The van der Waals surface area contributed by atoms with Crippen molar-refractivity contribution in [2.24, 2.45) is 0 Å². The monoisotopic (exact) mass is 427 g/mol. The van der Waals surface area contributed by atoms with Gasteiger partial charge in [-0.2, -0.15) is 0 Å². The Balaban J connectivity index is 1.49. The Morgan fingerprint density at radius 2 is 1.87 bits per heavy atom. The minimum Gasteiger partial charge on any atom is -0.493 e. The molecule has 0 atom stereocenters. The molecule has 31 heavy (non-hydrogen) atoms. The number of methoxy groups -OCH3 is 1. The van der Waals surface area contributed by atoms with E-state index in [0.29, 0.717) is 48.3 Å². The van der Waals surface area contributed by atoms with Crippen LogP contribution in [0.3, 0.4) is 0 Å². The smallest absolute Gasteiger partial charge is 0.269 e. The van der Waals surface area contributed by atoms with E-state index in [1.807, 2.05) is 19.1 Å². The Kier molecular flexibility index (Phi) is 7.31. The lowest BCUT2D eigenvalue weighted by molar-refractivity contribution is -0.125. The molecule has 3 amide bonds. The topological polar surface area (TPSA) is 106 Å². The zero-order valence-electron chi connectivity index (χ0n) is 17.5. The predicted octanol–water partition coefficient (Wildman–Crippen LogP) is 2.06. The number of fused-ring (bicyclic) bond motifs is 1. The molecule has 1 aliphatic rings. The molecule has 2 aromatic carbocycles. The first-order valence-electron chi connectivity index (χ1n) is 9.95. The fourth-order valence-corrected chi connectivity index (χ4v) is 3.13. The zero-order chi connectivity index (χ0) is 22.2. The first-order valence-corrected chi connectivity index (χ1v) is 9.95. The van der Waals surface area contributed by atoms with Crippen LogP contribution >= 0.6 is 0 Å². The van der Waals surface area contributed by atoms with Gasteiger partial charge in [0, 0.05) is 18.4 Å². The maximum Gasteiger partial charge on any atom is 0.269 e. The van der Waals surface area contributed by atoms with Gasteiger partial charge in [0.25, 0.3) is 5.91 Å². The fourth-order valence-electron chi connectivity index (χ4n) is 3.13. The Labute approximate surface area is 180 Å². The van der Waals surface area contributed by atoms with Gasteiger partial charge in [-0.25, -0.2) is 0 Å². The van der Waals surface area contributed by atoms with E-state index in [4.69, 9.17) is 14.2 Å². The minimum atomic E-state index is -0.511. The summed E-state index contributed by atoms with van der Waals surface area (Å²) >= 11 is 0. The summed E-state index contributed by atoms with van der Waals surface area (Å²) in [7, 11) is 1.48. The third kappa shape index (κ3) is 5.44. The second-order valence-corrected chi connectivity index (χ2v) is 6.66. The highest BCUT2D eigenvalue weighted by molar-refractivity contribution is 5.98. The van der Waals surface area contributed by atoms with Crippen LogP contribution in [0.25, 0.3) is 0 Å². The molecular formula is C22H25N3O6. The van der Waals surface area contributed by atoms with Crippen molar-refractivity contribution in [2.75, 3.05) is 31.8 Å². The van der Waals surface area contributed by atoms with E-state index in [1.54, 1.807) is 29.2 Å². The van der Waals surface area contributed by atoms with Gasteiger partial charge in [-0.15, -0.1) is 0 Å². The molecule has 0 aromatic heterocycles. The highest BCUT2D eigenvalue weighted by Gasteiger charge is 2.23. The summed E-state index contributed by atoms with van der Waals surface area (Å²) < 4.78 is 16.2. The summed E-state index contributed by atoms with van der Waals surface area (Å²) in [5.74, 6) is 0.411. The number of nitrogens with zero attached hydrogens (tertiary/aromatic N) is 1. The normalized spacial score (nSPS) is 12.3. The number of anilines is 1. The molecule has 0 radical (unpaired) electrons. The quantitative estimate of drug-likeness (QED) is 0.656. The number of benzene rings is 2. The van der Waals surface area contributed by atoms with Gasteiger partial charge in [0.2, 0.25) is 11.8 Å². The van der Waals surface area contributed by atoms with Crippen LogP contribution in [-0.2, 0) is 9.59 Å². The van der Waals surface area contributed by atoms with Crippen LogP contribution in [0.15, 0.2) is 42.5 Å². The van der Waals surface area contributed by atoms with Crippen molar-refractivity contribution in [3.05, 3.63) is 48.0 Å². The molecule has 0 aliphatic carbocycles. The van der Waals surface area contributed by atoms with E-state index in [1.165, 1.54) is 13.2 Å². The van der Waals surface area contributed by atoms with E-state index in [9.17, 15) is 14.4 Å². The summed E-state index contributed by atoms with van der Waals surface area (Å²) in [6.45, 7) is 3.13. The van der Waals surface area contributed by atoms with Gasteiger partial charge in [-0.1, -0.05) is 12.1 Å². The van der Waals surface area contributed by atoms with Crippen LogP contribution in [0.1, 0.15) is 30.1 Å². The lowest BCUT2D eigenvalue weighted by Crippen LogP contribution is -2.42. The molecule has 3 rings (SSSR count). The standard InChI is InChI=1S/C22H25N3O6/c1-3-30-18-9-8-15(14-19(18)29-2)22(28)24-23-20(26)10-11-21(27)25-12-13-31-17-7-5-4-6-16(17)25/h4-9,14H,3,10-13H2,1-2H3,(H,23,26)(H,24,28). The number of amides is 3. The van der Waals surface area contributed by atoms with E-state index in [0.717, 1.165) is 0 Å². The van der Waals surface area contributed by atoms with Crippen molar-refractivity contribution in [3.63, 3.8) is 0 Å². The molecule has 0 bridgehead atoms. The van der Waals surface area contributed by atoms with E-state index >= 15 is 0 Å². The van der Waals surface area contributed by atoms with E-state index in [2.05, 4.69) is 10.9 Å². The highest BCUT2D eigenvalue weighted by atomic mass is 16.5. The number of para-hydroxylation sites is 2. The van der Waals surface area contributed by atoms with E-state index in [-0.39, 0.29) is 18.7 Å². The number of ether oxygens (including phenoxy) is 3. The first kappa shape index (κ1) is 21.9. The summed E-state index contributed by atoms with van der Waals surface area (Å²) in [4.78, 5) is 38.6. The molecule has 9 nitrogen and oxygen atoms in total. The van der Waals surface area contributed by atoms with Crippen molar-refractivity contribution in [1.82, 2.24) is 10.9 Å². The maximum absolute atomic E-state index is 12.6. The van der Waals surface area contributed by atoms with Gasteiger partial charge in [0.15, 0.2) is 11.5 Å². The lowest BCUT2D eigenvalue weighted by atomic mass is 10.2. The van der Waals surface area contributed by atoms with Crippen LogP contribution < -0.4 is 30.0 Å². The Bertz CT molecular complexity index is 962. The van der Waals surface area contributed by atoms with Crippen LogP contribution in [0.2, 0.25) is 0 Å². The number of carbonyl (C=O) groups excluding carboxylic acids is 3. The largest absolute Gasteiger partial charge is 0.493 e. The number of carbonyl (C=O) groups is 3. The van der Waals surface area contributed by atoms with Crippen molar-refractivity contribution in [1.29, 1.82) is 0 Å². The number of hydrogen-bond acceptors (Lipinski definition) is 6. The van der Waals surface area contributed by atoms with Crippen LogP contribution in [0.5, 0.6) is 17.2 Å². The van der Waals surface area contributed by atoms with Crippen LogP contribution in [0, 0.1) is 0 Å².